The van der Waals surface area contributed by atoms with E-state index >= 15 is 0 Å². The summed E-state index contributed by atoms with van der Waals surface area (Å²) in [5, 5.41) is 4.39. The van der Waals surface area contributed by atoms with E-state index in [1.165, 1.54) is 11.3 Å². The highest BCUT2D eigenvalue weighted by Crippen LogP contribution is 2.29. The third kappa shape index (κ3) is 4.18. The summed E-state index contributed by atoms with van der Waals surface area (Å²) < 4.78 is 5.16. The molecule has 0 saturated carbocycles. The highest BCUT2D eigenvalue weighted by Gasteiger charge is 2.16. The maximum Gasteiger partial charge on any atom is 0.263 e. The molecule has 0 bridgehead atoms. The summed E-state index contributed by atoms with van der Waals surface area (Å²) in [4.78, 5) is 17.6. The van der Waals surface area contributed by atoms with Crippen molar-refractivity contribution in [2.75, 3.05) is 7.11 Å². The first-order valence-corrected chi connectivity index (χ1v) is 8.91. The molecule has 1 heterocycles. The van der Waals surface area contributed by atoms with E-state index in [0.29, 0.717) is 16.4 Å². The Labute approximate surface area is 155 Å². The number of aryl methyl sites for hydroxylation is 1. The molecule has 0 aliphatic rings. The zero-order valence-corrected chi connectivity index (χ0v) is 15.4. The molecule has 0 aliphatic heterocycles. The molecule has 4 nitrogen and oxygen atoms in total. The van der Waals surface area contributed by atoms with E-state index in [4.69, 9.17) is 16.3 Å². The van der Waals surface area contributed by atoms with Gasteiger partial charge in [0.2, 0.25) is 0 Å². The molecule has 0 atom stereocenters. The summed E-state index contributed by atoms with van der Waals surface area (Å²) in [5.41, 5.74) is 2.64. The third-order valence-corrected chi connectivity index (χ3v) is 5.12. The Morgan fingerprint density at radius 2 is 2.00 bits per heavy atom. The van der Waals surface area contributed by atoms with Crippen LogP contribution in [0.15, 0.2) is 48.5 Å². The lowest BCUT2D eigenvalue weighted by atomic mass is 10.2. The molecule has 128 valence electrons. The predicted molar refractivity (Wildman–Crippen MR) is 101 cm³/mol. The second kappa shape index (κ2) is 7.68. The first-order valence-electron chi connectivity index (χ1n) is 7.71. The molecule has 0 unspecified atom stereocenters. The number of amides is 1. The van der Waals surface area contributed by atoms with Crippen molar-refractivity contribution in [2.24, 2.45) is 0 Å². The van der Waals surface area contributed by atoms with Gasteiger partial charge >= 0.3 is 0 Å². The van der Waals surface area contributed by atoms with E-state index < -0.39 is 0 Å². The number of carbonyl (C=O) groups excluding carboxylic acids is 1. The quantitative estimate of drug-likeness (QED) is 0.705. The Morgan fingerprint density at radius 1 is 1.24 bits per heavy atom. The fraction of sp³-hybridized carbons (Fsp3) is 0.158. The summed E-state index contributed by atoms with van der Waals surface area (Å²) in [6.45, 7) is 2.27. The van der Waals surface area contributed by atoms with E-state index in [1.54, 1.807) is 13.2 Å². The van der Waals surface area contributed by atoms with Gasteiger partial charge in [-0.2, -0.15) is 0 Å². The Balaban J connectivity index is 1.73. The minimum absolute atomic E-state index is 0.130. The van der Waals surface area contributed by atoms with Crippen molar-refractivity contribution in [3.05, 3.63) is 69.7 Å². The van der Waals surface area contributed by atoms with Crippen LogP contribution in [0.25, 0.3) is 10.6 Å². The SMILES string of the molecule is COc1ccc(-c2nc(C)c(C(=O)NCc3cccc(Cl)c3)s2)cc1. The molecule has 6 heteroatoms. The number of hydrogen-bond donors (Lipinski definition) is 1. The zero-order valence-electron chi connectivity index (χ0n) is 13.9. The lowest BCUT2D eigenvalue weighted by Crippen LogP contribution is -2.22. The number of hydrogen-bond acceptors (Lipinski definition) is 4. The molecule has 1 amide bonds. The Bertz CT molecular complexity index is 891. The monoisotopic (exact) mass is 372 g/mol. The second-order valence-corrected chi connectivity index (χ2v) is 6.91. The molecule has 2 aromatic carbocycles. The average molecular weight is 373 g/mol. The number of carbonyl (C=O) groups is 1. The lowest BCUT2D eigenvalue weighted by Gasteiger charge is -2.04. The summed E-state index contributed by atoms with van der Waals surface area (Å²) in [7, 11) is 1.63. The zero-order chi connectivity index (χ0) is 17.8. The second-order valence-electron chi connectivity index (χ2n) is 5.47. The van der Waals surface area contributed by atoms with Crippen molar-refractivity contribution in [3.63, 3.8) is 0 Å². The minimum Gasteiger partial charge on any atom is -0.497 e. The van der Waals surface area contributed by atoms with Crippen molar-refractivity contribution in [2.45, 2.75) is 13.5 Å². The molecule has 0 spiro atoms. The van der Waals surface area contributed by atoms with E-state index in [2.05, 4.69) is 10.3 Å². The first kappa shape index (κ1) is 17.5. The molecule has 3 aromatic rings. The number of rotatable bonds is 5. The van der Waals surface area contributed by atoms with Crippen LogP contribution in [0.3, 0.4) is 0 Å². The van der Waals surface area contributed by atoms with Gasteiger partial charge in [-0.3, -0.25) is 4.79 Å². The highest BCUT2D eigenvalue weighted by atomic mass is 35.5. The number of halogens is 1. The molecule has 0 radical (unpaired) electrons. The van der Waals surface area contributed by atoms with Gasteiger partial charge in [-0.1, -0.05) is 23.7 Å². The number of methoxy groups -OCH3 is 1. The van der Waals surface area contributed by atoms with Gasteiger partial charge in [0.05, 0.1) is 12.8 Å². The van der Waals surface area contributed by atoms with E-state index in [9.17, 15) is 4.79 Å². The number of nitrogens with zero attached hydrogens (tertiary/aromatic N) is 1. The van der Waals surface area contributed by atoms with Crippen LogP contribution in [0.5, 0.6) is 5.75 Å². The lowest BCUT2D eigenvalue weighted by molar-refractivity contribution is 0.0954. The number of aromatic nitrogens is 1. The Kier molecular flexibility index (Phi) is 5.36. The van der Waals surface area contributed by atoms with Gasteiger partial charge < -0.3 is 10.1 Å². The summed E-state index contributed by atoms with van der Waals surface area (Å²) in [6, 6.07) is 15.1. The fourth-order valence-corrected chi connectivity index (χ4v) is 3.57. The number of nitrogens with one attached hydrogen (secondary N) is 1. The topological polar surface area (TPSA) is 51.2 Å². The number of thiazole rings is 1. The van der Waals surface area contributed by atoms with Crippen molar-refractivity contribution in [1.29, 1.82) is 0 Å². The van der Waals surface area contributed by atoms with Crippen molar-refractivity contribution >= 4 is 28.8 Å². The smallest absolute Gasteiger partial charge is 0.263 e. The molecular weight excluding hydrogens is 356 g/mol. The van der Waals surface area contributed by atoms with Gasteiger partial charge in [0.25, 0.3) is 5.91 Å². The average Bonchev–Trinajstić information content (AvgIpc) is 3.02. The minimum atomic E-state index is -0.130. The van der Waals surface area contributed by atoms with Crippen LogP contribution in [0.2, 0.25) is 5.02 Å². The van der Waals surface area contributed by atoms with Crippen LogP contribution >= 0.6 is 22.9 Å². The van der Waals surface area contributed by atoms with Gasteiger partial charge in [0.1, 0.15) is 15.6 Å². The molecule has 1 N–H and O–H groups in total. The maximum absolute atomic E-state index is 12.5. The number of ether oxygens (including phenoxy) is 1. The van der Waals surface area contributed by atoms with Crippen LogP contribution in [0.4, 0.5) is 0 Å². The standard InChI is InChI=1S/C19H17ClN2O2S/c1-12-17(18(23)21-11-13-4-3-5-15(20)10-13)25-19(22-12)14-6-8-16(24-2)9-7-14/h3-10H,11H2,1-2H3,(H,21,23). The van der Waals surface area contributed by atoms with Crippen molar-refractivity contribution in [3.8, 4) is 16.3 Å². The van der Waals surface area contributed by atoms with Crippen LogP contribution < -0.4 is 10.1 Å². The normalized spacial score (nSPS) is 10.5. The van der Waals surface area contributed by atoms with Gasteiger partial charge in [0, 0.05) is 17.1 Å². The third-order valence-electron chi connectivity index (χ3n) is 3.68. The summed E-state index contributed by atoms with van der Waals surface area (Å²) in [5.74, 6) is 0.659. The van der Waals surface area contributed by atoms with Crippen LogP contribution in [-0.4, -0.2) is 18.0 Å². The van der Waals surface area contributed by atoms with Gasteiger partial charge in [0.15, 0.2) is 0 Å². The fourth-order valence-electron chi connectivity index (χ4n) is 2.37. The van der Waals surface area contributed by atoms with E-state index in [1.807, 2.05) is 49.4 Å². The van der Waals surface area contributed by atoms with Crippen LogP contribution in [-0.2, 0) is 6.54 Å². The number of benzene rings is 2. The van der Waals surface area contributed by atoms with Crippen LogP contribution in [0, 0.1) is 6.92 Å². The van der Waals surface area contributed by atoms with Crippen molar-refractivity contribution < 1.29 is 9.53 Å². The molecule has 25 heavy (non-hydrogen) atoms. The molecule has 0 saturated heterocycles. The van der Waals surface area contributed by atoms with Crippen LogP contribution in [0.1, 0.15) is 20.9 Å². The highest BCUT2D eigenvalue weighted by molar-refractivity contribution is 7.17. The summed E-state index contributed by atoms with van der Waals surface area (Å²) >= 11 is 7.35. The Morgan fingerprint density at radius 3 is 2.68 bits per heavy atom. The van der Waals surface area contributed by atoms with Crippen molar-refractivity contribution in [1.82, 2.24) is 10.3 Å². The molecule has 1 aromatic heterocycles. The maximum atomic E-state index is 12.5. The molecule has 0 aliphatic carbocycles. The first-order chi connectivity index (χ1) is 12.1. The van der Waals surface area contributed by atoms with Gasteiger partial charge in [-0.25, -0.2) is 4.98 Å². The largest absolute Gasteiger partial charge is 0.497 e. The van der Waals surface area contributed by atoms with E-state index in [0.717, 1.165) is 27.6 Å². The molecular formula is C19H17ClN2O2S. The predicted octanol–water partition coefficient (Wildman–Crippen LogP) is 4.71. The Hall–Kier alpha value is -2.37. The van der Waals surface area contributed by atoms with Gasteiger partial charge in [-0.15, -0.1) is 11.3 Å². The molecule has 0 fully saturated rings. The summed E-state index contributed by atoms with van der Waals surface area (Å²) in [6.07, 6.45) is 0. The molecule has 3 rings (SSSR count). The van der Waals surface area contributed by atoms with Gasteiger partial charge in [-0.05, 0) is 48.9 Å². The van der Waals surface area contributed by atoms with E-state index in [-0.39, 0.29) is 5.91 Å².